The Hall–Kier alpha value is -1.50. The van der Waals surface area contributed by atoms with Gasteiger partial charge in [-0.15, -0.1) is 0 Å². The van der Waals surface area contributed by atoms with E-state index < -0.39 is 29.0 Å². The summed E-state index contributed by atoms with van der Waals surface area (Å²) in [6, 6.07) is 0. The minimum atomic E-state index is -1.73. The Labute approximate surface area is 273 Å². The van der Waals surface area contributed by atoms with Gasteiger partial charge in [-0.3, -0.25) is 9.59 Å². The van der Waals surface area contributed by atoms with Gasteiger partial charge in [-0.1, -0.05) is 117 Å². The van der Waals surface area contributed by atoms with Crippen LogP contribution >= 0.6 is 0 Å². The lowest BCUT2D eigenvalue weighted by atomic mass is 9.59. The standard InChI is InChI=1S/C39H62O6/c1-8-9-10-11-12-13-14-15-16-17-18-19-20-21-31(40)44-34-26(2)24-38-27(3)22-30-32(36(30,4)5)29(33(38)41)23-28-25-43-37(6,7)45-35(28)39(34,38)42/h23-24,27,29-30,32,34-35,42H,8-22,25H2,1-7H3/t27-,29-,30-,32+,34+,35-,38+,39-/m1/s1. The van der Waals surface area contributed by atoms with Crippen molar-refractivity contribution < 1.29 is 28.9 Å². The molecule has 3 fully saturated rings. The number of Topliss-reactive ketones (excluding diaryl/α,β-unsaturated/α-hetero) is 1. The monoisotopic (exact) mass is 626 g/mol. The number of aliphatic hydroxyl groups is 1. The van der Waals surface area contributed by atoms with Gasteiger partial charge in [0.25, 0.3) is 0 Å². The molecule has 0 unspecified atom stereocenters. The van der Waals surface area contributed by atoms with Gasteiger partial charge in [0.15, 0.2) is 23.3 Å². The van der Waals surface area contributed by atoms with Crippen molar-refractivity contribution in [3.63, 3.8) is 0 Å². The van der Waals surface area contributed by atoms with E-state index >= 15 is 0 Å². The quantitative estimate of drug-likeness (QED) is 0.111. The number of hydrogen-bond donors (Lipinski definition) is 1. The lowest BCUT2D eigenvalue weighted by Crippen LogP contribution is -2.68. The number of unbranched alkanes of at least 4 members (excludes halogenated alkanes) is 12. The summed E-state index contributed by atoms with van der Waals surface area (Å²) < 4.78 is 18.8. The average Bonchev–Trinajstić information content (AvgIpc) is 3.47. The largest absolute Gasteiger partial charge is 0.455 e. The van der Waals surface area contributed by atoms with E-state index in [2.05, 4.69) is 33.8 Å². The van der Waals surface area contributed by atoms with Crippen LogP contribution in [0, 0.1) is 34.5 Å². The minimum absolute atomic E-state index is 0.0493. The number of ketones is 1. The van der Waals surface area contributed by atoms with Crippen molar-refractivity contribution in [3.05, 3.63) is 23.3 Å². The van der Waals surface area contributed by atoms with Crippen molar-refractivity contribution in [2.24, 2.45) is 34.5 Å². The zero-order chi connectivity index (χ0) is 32.6. The molecule has 6 nitrogen and oxygen atoms in total. The molecule has 5 rings (SSSR count). The van der Waals surface area contributed by atoms with E-state index in [-0.39, 0.29) is 41.5 Å². The molecule has 1 saturated heterocycles. The van der Waals surface area contributed by atoms with E-state index in [0.29, 0.717) is 12.3 Å². The Bertz CT molecular complexity index is 1150. The lowest BCUT2D eigenvalue weighted by molar-refractivity contribution is -0.304. The van der Waals surface area contributed by atoms with Crippen LogP contribution in [-0.4, -0.2) is 47.1 Å². The number of rotatable bonds is 15. The predicted octanol–water partition coefficient (Wildman–Crippen LogP) is 8.65. The van der Waals surface area contributed by atoms with Gasteiger partial charge < -0.3 is 19.3 Å². The smallest absolute Gasteiger partial charge is 0.306 e. The molecule has 1 spiro atoms. The van der Waals surface area contributed by atoms with Crippen LogP contribution in [0.3, 0.4) is 0 Å². The van der Waals surface area contributed by atoms with Gasteiger partial charge in [0, 0.05) is 12.3 Å². The van der Waals surface area contributed by atoms with Gasteiger partial charge in [0.1, 0.15) is 6.10 Å². The highest BCUT2D eigenvalue weighted by atomic mass is 16.7. The molecule has 0 amide bonds. The highest BCUT2D eigenvalue weighted by Crippen LogP contribution is 2.72. The molecule has 0 aromatic carbocycles. The number of carbonyl (C=O) groups is 2. The molecule has 45 heavy (non-hydrogen) atoms. The second-order valence-electron chi connectivity index (χ2n) is 16.4. The number of esters is 1. The van der Waals surface area contributed by atoms with E-state index in [4.69, 9.17) is 14.2 Å². The molecule has 2 saturated carbocycles. The third-order valence-electron chi connectivity index (χ3n) is 12.4. The zero-order valence-corrected chi connectivity index (χ0v) is 29.4. The van der Waals surface area contributed by atoms with E-state index in [1.165, 1.54) is 64.2 Å². The molecule has 0 aromatic heterocycles. The highest BCUT2D eigenvalue weighted by molar-refractivity contribution is 5.95. The van der Waals surface area contributed by atoms with Crippen LogP contribution in [0.5, 0.6) is 0 Å². The minimum Gasteiger partial charge on any atom is -0.455 e. The number of hydrogen-bond acceptors (Lipinski definition) is 6. The molecule has 0 radical (unpaired) electrons. The van der Waals surface area contributed by atoms with Gasteiger partial charge in [0.05, 0.1) is 12.0 Å². The van der Waals surface area contributed by atoms with Crippen LogP contribution in [0.15, 0.2) is 23.3 Å². The summed E-state index contributed by atoms with van der Waals surface area (Å²) in [7, 11) is 0. The van der Waals surface area contributed by atoms with Gasteiger partial charge in [-0.05, 0) is 67.9 Å². The van der Waals surface area contributed by atoms with Gasteiger partial charge in [0.2, 0.25) is 0 Å². The number of ether oxygens (including phenoxy) is 3. The first-order valence-electron chi connectivity index (χ1n) is 18.5. The fourth-order valence-electron chi connectivity index (χ4n) is 9.78. The average molecular weight is 627 g/mol. The van der Waals surface area contributed by atoms with Crippen molar-refractivity contribution in [1.29, 1.82) is 0 Å². The molecule has 6 heteroatoms. The maximum Gasteiger partial charge on any atom is 0.306 e. The first kappa shape index (κ1) is 34.8. The summed E-state index contributed by atoms with van der Waals surface area (Å²) in [6.07, 6.45) is 19.6. The Balaban J connectivity index is 1.22. The summed E-state index contributed by atoms with van der Waals surface area (Å²) in [6.45, 7) is 14.8. The van der Waals surface area contributed by atoms with Crippen molar-refractivity contribution >= 4 is 11.8 Å². The van der Waals surface area contributed by atoms with E-state index in [1.807, 2.05) is 26.8 Å². The Morgan fingerprint density at radius 2 is 1.53 bits per heavy atom. The third kappa shape index (κ3) is 6.38. The van der Waals surface area contributed by atoms with Crippen molar-refractivity contribution in [1.82, 2.24) is 0 Å². The topological polar surface area (TPSA) is 82.1 Å². The highest BCUT2D eigenvalue weighted by Gasteiger charge is 2.77. The Kier molecular flexibility index (Phi) is 10.5. The van der Waals surface area contributed by atoms with Crippen LogP contribution in [0.1, 0.15) is 145 Å². The molecular weight excluding hydrogens is 564 g/mol. The maximum atomic E-state index is 14.8. The molecule has 5 aliphatic rings. The van der Waals surface area contributed by atoms with Crippen molar-refractivity contribution in [2.75, 3.05) is 6.61 Å². The van der Waals surface area contributed by atoms with Crippen LogP contribution in [-0.2, 0) is 23.8 Å². The summed E-state index contributed by atoms with van der Waals surface area (Å²) >= 11 is 0. The molecule has 1 N–H and O–H groups in total. The predicted molar refractivity (Wildman–Crippen MR) is 177 cm³/mol. The second-order valence-corrected chi connectivity index (χ2v) is 16.4. The zero-order valence-electron chi connectivity index (χ0n) is 29.4. The maximum absolute atomic E-state index is 14.8. The SMILES string of the molecule is CCCCCCCCCCCCCCCC(=O)O[C@H]1C(C)=C[C@]23C(=O)[C@H](C=C4COC(C)(C)O[C@H]4[C@]12O)[C@H]1[C@@H](C[C@H]3C)C1(C)C. The first-order valence-corrected chi connectivity index (χ1v) is 18.5. The normalized spacial score (nSPS) is 37.4. The molecule has 254 valence electrons. The molecule has 1 aliphatic heterocycles. The van der Waals surface area contributed by atoms with Crippen LogP contribution in [0.25, 0.3) is 0 Å². The van der Waals surface area contributed by atoms with Crippen molar-refractivity contribution in [3.8, 4) is 0 Å². The number of carbonyl (C=O) groups excluding carboxylic acids is 2. The van der Waals surface area contributed by atoms with E-state index in [1.54, 1.807) is 0 Å². The Morgan fingerprint density at radius 1 is 0.956 bits per heavy atom. The molecule has 1 heterocycles. The lowest BCUT2D eigenvalue weighted by Gasteiger charge is -2.52. The summed E-state index contributed by atoms with van der Waals surface area (Å²) in [5, 5.41) is 13.1. The molecular formula is C39H62O6. The fraction of sp³-hybridized carbons (Fsp3) is 0.846. The van der Waals surface area contributed by atoms with Crippen LogP contribution in [0.4, 0.5) is 0 Å². The summed E-state index contributed by atoms with van der Waals surface area (Å²) in [5.41, 5.74) is -1.31. The number of fused-ring (bicyclic) bond motifs is 5. The second kappa shape index (κ2) is 13.5. The molecule has 0 aromatic rings. The first-order chi connectivity index (χ1) is 21.3. The van der Waals surface area contributed by atoms with Gasteiger partial charge in [-0.25, -0.2) is 0 Å². The summed E-state index contributed by atoms with van der Waals surface area (Å²) in [5.74, 6) is -1.02. The summed E-state index contributed by atoms with van der Waals surface area (Å²) in [4.78, 5) is 28.2. The van der Waals surface area contributed by atoms with E-state index in [9.17, 15) is 14.7 Å². The molecule has 8 atom stereocenters. The van der Waals surface area contributed by atoms with Gasteiger partial charge in [-0.2, -0.15) is 0 Å². The van der Waals surface area contributed by atoms with Crippen LogP contribution < -0.4 is 0 Å². The van der Waals surface area contributed by atoms with Gasteiger partial charge >= 0.3 is 5.97 Å². The third-order valence-corrected chi connectivity index (χ3v) is 12.4. The van der Waals surface area contributed by atoms with Crippen LogP contribution in [0.2, 0.25) is 0 Å². The number of allylic oxidation sites excluding steroid dienone is 1. The Morgan fingerprint density at radius 3 is 2.13 bits per heavy atom. The van der Waals surface area contributed by atoms with E-state index in [0.717, 1.165) is 36.8 Å². The van der Waals surface area contributed by atoms with Crippen molar-refractivity contribution in [2.45, 2.75) is 168 Å². The fourth-order valence-corrected chi connectivity index (χ4v) is 9.78. The molecule has 4 aliphatic carbocycles. The molecule has 2 bridgehead atoms.